The molecule has 2 aromatic heterocycles. The number of benzene rings is 1. The van der Waals surface area contributed by atoms with Crippen LogP contribution in [0.15, 0.2) is 30.7 Å². The Labute approximate surface area is 117 Å². The van der Waals surface area contributed by atoms with Crippen LogP contribution in [0.25, 0.3) is 11.0 Å². The number of nitrogens with zero attached hydrogens (tertiary/aromatic N) is 4. The number of anilines is 3. The van der Waals surface area contributed by atoms with E-state index in [1.54, 1.807) is 18.3 Å². The molecule has 0 saturated heterocycles. The molecule has 8 heteroatoms. The van der Waals surface area contributed by atoms with Crippen molar-refractivity contribution in [1.82, 2.24) is 19.9 Å². The van der Waals surface area contributed by atoms with Crippen molar-refractivity contribution in [3.05, 3.63) is 41.8 Å². The number of nitrogens with one attached hydrogen (secondary N) is 1. The first-order chi connectivity index (χ1) is 9.65. The Morgan fingerprint density at radius 2 is 1.95 bits per heavy atom. The number of fused-ring (bicyclic) bond motifs is 1. The zero-order valence-electron chi connectivity index (χ0n) is 10.0. The van der Waals surface area contributed by atoms with Crippen molar-refractivity contribution in [2.24, 2.45) is 0 Å². The fourth-order valence-electron chi connectivity index (χ4n) is 1.73. The minimum absolute atomic E-state index is 0.0556. The number of hydrogen-bond acceptors (Lipinski definition) is 6. The highest BCUT2D eigenvalue weighted by Crippen LogP contribution is 2.28. The zero-order valence-corrected chi connectivity index (χ0v) is 10.8. The van der Waals surface area contributed by atoms with Gasteiger partial charge in [0.15, 0.2) is 11.6 Å². The fourth-order valence-corrected chi connectivity index (χ4v) is 1.86. The lowest BCUT2D eigenvalue weighted by Gasteiger charge is -2.10. The third kappa shape index (κ3) is 2.19. The van der Waals surface area contributed by atoms with Gasteiger partial charge in [-0.3, -0.25) is 9.97 Å². The molecule has 0 amide bonds. The van der Waals surface area contributed by atoms with Crippen LogP contribution in [0.4, 0.5) is 21.6 Å². The van der Waals surface area contributed by atoms with Crippen LogP contribution in [0, 0.1) is 5.82 Å². The van der Waals surface area contributed by atoms with E-state index in [-0.39, 0.29) is 11.1 Å². The summed E-state index contributed by atoms with van der Waals surface area (Å²) < 4.78 is 13.6. The number of aromatic nitrogens is 4. The molecule has 0 spiro atoms. The molecule has 2 heterocycles. The molecule has 0 fully saturated rings. The van der Waals surface area contributed by atoms with E-state index in [4.69, 9.17) is 17.3 Å². The van der Waals surface area contributed by atoms with Crippen LogP contribution in [0.1, 0.15) is 0 Å². The van der Waals surface area contributed by atoms with Crippen LogP contribution in [-0.4, -0.2) is 19.9 Å². The second kappa shape index (κ2) is 4.86. The molecule has 0 aliphatic carbocycles. The van der Waals surface area contributed by atoms with Crippen LogP contribution in [0.5, 0.6) is 0 Å². The summed E-state index contributed by atoms with van der Waals surface area (Å²) in [6.07, 6.45) is 4.08. The SMILES string of the molecule is Nc1c(Nc2nc(Cl)ncc2F)ccc2nccnc12. The van der Waals surface area contributed by atoms with Gasteiger partial charge in [0.2, 0.25) is 5.28 Å². The molecule has 0 bridgehead atoms. The predicted molar refractivity (Wildman–Crippen MR) is 74.2 cm³/mol. The molecule has 0 radical (unpaired) electrons. The maximum atomic E-state index is 13.6. The summed E-state index contributed by atoms with van der Waals surface area (Å²) in [4.78, 5) is 15.6. The number of rotatable bonds is 2. The van der Waals surface area contributed by atoms with E-state index < -0.39 is 5.82 Å². The molecule has 3 N–H and O–H groups in total. The molecule has 0 aliphatic heterocycles. The lowest BCUT2D eigenvalue weighted by atomic mass is 10.2. The van der Waals surface area contributed by atoms with Crippen LogP contribution in [0.2, 0.25) is 5.28 Å². The maximum Gasteiger partial charge on any atom is 0.224 e. The molecule has 6 nitrogen and oxygen atoms in total. The van der Waals surface area contributed by atoms with E-state index in [9.17, 15) is 4.39 Å². The Morgan fingerprint density at radius 3 is 2.80 bits per heavy atom. The molecular formula is C12H8ClFN6. The van der Waals surface area contributed by atoms with E-state index in [1.165, 1.54) is 6.20 Å². The van der Waals surface area contributed by atoms with Crippen LogP contribution < -0.4 is 11.1 Å². The maximum absolute atomic E-state index is 13.6. The van der Waals surface area contributed by atoms with E-state index in [0.717, 1.165) is 6.20 Å². The topological polar surface area (TPSA) is 89.6 Å². The Bertz CT molecular complexity index is 794. The van der Waals surface area contributed by atoms with Crippen LogP contribution >= 0.6 is 11.6 Å². The minimum atomic E-state index is -0.631. The van der Waals surface area contributed by atoms with Gasteiger partial charge in [0, 0.05) is 12.4 Å². The van der Waals surface area contributed by atoms with E-state index in [2.05, 4.69) is 25.3 Å². The smallest absolute Gasteiger partial charge is 0.224 e. The molecule has 0 unspecified atom stereocenters. The van der Waals surface area contributed by atoms with E-state index in [1.807, 2.05) is 0 Å². The highest BCUT2D eigenvalue weighted by atomic mass is 35.5. The van der Waals surface area contributed by atoms with Crippen molar-refractivity contribution in [3.8, 4) is 0 Å². The molecule has 3 aromatic rings. The predicted octanol–water partition coefficient (Wildman–Crippen LogP) is 2.54. The van der Waals surface area contributed by atoms with Gasteiger partial charge in [-0.15, -0.1) is 0 Å². The van der Waals surface area contributed by atoms with Crippen molar-refractivity contribution >= 4 is 39.8 Å². The third-order valence-electron chi connectivity index (χ3n) is 2.65. The average Bonchev–Trinajstić information content (AvgIpc) is 2.46. The minimum Gasteiger partial charge on any atom is -0.395 e. The molecular weight excluding hydrogens is 283 g/mol. The first-order valence-electron chi connectivity index (χ1n) is 5.59. The number of nitrogen functional groups attached to an aromatic ring is 1. The van der Waals surface area contributed by atoms with Crippen molar-refractivity contribution < 1.29 is 4.39 Å². The summed E-state index contributed by atoms with van der Waals surface area (Å²) in [5.74, 6) is -0.687. The van der Waals surface area contributed by atoms with E-state index >= 15 is 0 Å². The molecule has 0 atom stereocenters. The summed E-state index contributed by atoms with van der Waals surface area (Å²) in [5, 5.41) is 2.71. The molecule has 1 aromatic carbocycles. The van der Waals surface area contributed by atoms with Gasteiger partial charge in [0.1, 0.15) is 5.52 Å². The number of nitrogens with two attached hydrogens (primary N) is 1. The zero-order chi connectivity index (χ0) is 14.1. The van der Waals surface area contributed by atoms with Gasteiger partial charge < -0.3 is 11.1 Å². The van der Waals surface area contributed by atoms with Crippen molar-refractivity contribution in [3.63, 3.8) is 0 Å². The van der Waals surface area contributed by atoms with Gasteiger partial charge >= 0.3 is 0 Å². The van der Waals surface area contributed by atoms with Gasteiger partial charge in [-0.25, -0.2) is 9.37 Å². The molecule has 3 rings (SSSR count). The first kappa shape index (κ1) is 12.5. The second-order valence-electron chi connectivity index (χ2n) is 3.91. The van der Waals surface area contributed by atoms with Crippen molar-refractivity contribution in [1.29, 1.82) is 0 Å². The van der Waals surface area contributed by atoms with Gasteiger partial charge in [-0.2, -0.15) is 4.98 Å². The highest BCUT2D eigenvalue weighted by Gasteiger charge is 2.10. The molecule has 0 saturated carbocycles. The van der Waals surface area contributed by atoms with Crippen LogP contribution in [-0.2, 0) is 0 Å². The number of halogens is 2. The Morgan fingerprint density at radius 1 is 1.15 bits per heavy atom. The van der Waals surface area contributed by atoms with Gasteiger partial charge in [-0.05, 0) is 23.7 Å². The van der Waals surface area contributed by atoms with E-state index in [0.29, 0.717) is 22.4 Å². The van der Waals surface area contributed by atoms with Crippen molar-refractivity contribution in [2.45, 2.75) is 0 Å². The monoisotopic (exact) mass is 290 g/mol. The first-order valence-corrected chi connectivity index (χ1v) is 5.97. The molecule has 100 valence electrons. The summed E-state index contributed by atoms with van der Waals surface area (Å²) in [6, 6.07) is 3.39. The number of hydrogen-bond donors (Lipinski definition) is 2. The van der Waals surface area contributed by atoms with Gasteiger partial charge in [0.25, 0.3) is 0 Å². The summed E-state index contributed by atoms with van der Waals surface area (Å²) in [5.41, 5.74) is 7.98. The van der Waals surface area contributed by atoms with Crippen molar-refractivity contribution in [2.75, 3.05) is 11.1 Å². The second-order valence-corrected chi connectivity index (χ2v) is 4.25. The summed E-state index contributed by atoms with van der Waals surface area (Å²) in [7, 11) is 0. The average molecular weight is 291 g/mol. The Balaban J connectivity index is 2.07. The highest BCUT2D eigenvalue weighted by molar-refractivity contribution is 6.28. The fraction of sp³-hybridized carbons (Fsp3) is 0. The quantitative estimate of drug-likeness (QED) is 0.557. The standard InChI is InChI=1S/C12H8ClFN6/c13-12-18-5-6(14)11(20-12)19-7-1-2-8-10(9(7)15)17-4-3-16-8/h1-5H,15H2,(H,18,19,20). The molecule has 20 heavy (non-hydrogen) atoms. The summed E-state index contributed by atoms with van der Waals surface area (Å²) >= 11 is 5.64. The summed E-state index contributed by atoms with van der Waals surface area (Å²) in [6.45, 7) is 0. The Kier molecular flexibility index (Phi) is 3.03. The van der Waals surface area contributed by atoms with Gasteiger partial charge in [0.05, 0.1) is 23.1 Å². The largest absolute Gasteiger partial charge is 0.395 e. The van der Waals surface area contributed by atoms with Gasteiger partial charge in [-0.1, -0.05) is 0 Å². The normalized spacial score (nSPS) is 10.7. The Hall–Kier alpha value is -2.54. The molecule has 0 aliphatic rings. The van der Waals surface area contributed by atoms with Crippen LogP contribution in [0.3, 0.4) is 0 Å². The third-order valence-corrected chi connectivity index (χ3v) is 2.83. The lowest BCUT2D eigenvalue weighted by Crippen LogP contribution is -2.02. The lowest BCUT2D eigenvalue weighted by molar-refractivity contribution is 0.619.